The summed E-state index contributed by atoms with van der Waals surface area (Å²) >= 11 is 0. The van der Waals surface area contributed by atoms with Crippen LogP contribution in [0.5, 0.6) is 0 Å². The first-order valence-electron chi connectivity index (χ1n) is 24.0. The minimum absolute atomic E-state index is 0.00770. The van der Waals surface area contributed by atoms with Crippen molar-refractivity contribution >= 4 is 19.8 Å². The predicted molar refractivity (Wildman–Crippen MR) is 258 cm³/mol. The van der Waals surface area contributed by atoms with E-state index in [1.165, 1.54) is 38.5 Å². The second-order valence-electron chi connectivity index (χ2n) is 16.3. The van der Waals surface area contributed by atoms with Crippen LogP contribution in [-0.4, -0.2) is 98.3 Å². The fraction of sp³-hybridized carbons (Fsp3) is 0.647. The predicted octanol–water partition coefficient (Wildman–Crippen LogP) is 9.83. The highest BCUT2D eigenvalue weighted by atomic mass is 31.2. The van der Waals surface area contributed by atoms with Crippen LogP contribution in [0, 0.1) is 0 Å². The zero-order chi connectivity index (χ0) is 47.8. The number of carbonyl (C=O) groups excluding carboxylic acids is 2. The van der Waals surface area contributed by atoms with Gasteiger partial charge in [-0.2, -0.15) is 0 Å². The number of ether oxygens (including phenoxy) is 2. The number of esters is 2. The lowest BCUT2D eigenvalue weighted by Gasteiger charge is -2.41. The monoisotopic (exact) mass is 935 g/mol. The quantitative estimate of drug-likeness (QED) is 0.0148. The Hall–Kier alpha value is -3.23. The van der Waals surface area contributed by atoms with Crippen molar-refractivity contribution in [3.8, 4) is 0 Å². The fourth-order valence-corrected chi connectivity index (χ4v) is 7.47. The third-order valence-corrected chi connectivity index (χ3v) is 11.4. The number of phosphoric ester groups is 1. The summed E-state index contributed by atoms with van der Waals surface area (Å²) in [7, 11) is -5.15. The Balaban J connectivity index is 2.52. The first-order chi connectivity index (χ1) is 31.4. The van der Waals surface area contributed by atoms with Crippen LogP contribution < -0.4 is 0 Å². The lowest BCUT2D eigenvalue weighted by molar-refractivity contribution is -0.220. The number of carbonyl (C=O) groups is 2. The molecule has 8 atom stereocenters. The van der Waals surface area contributed by atoms with Crippen LogP contribution >= 0.6 is 7.82 Å². The summed E-state index contributed by atoms with van der Waals surface area (Å²) in [5, 5.41) is 50.2. The van der Waals surface area contributed by atoms with Gasteiger partial charge in [-0.3, -0.25) is 18.6 Å². The fourth-order valence-electron chi connectivity index (χ4n) is 6.50. The van der Waals surface area contributed by atoms with Crippen molar-refractivity contribution in [3.63, 3.8) is 0 Å². The Morgan fingerprint density at radius 3 is 1.28 bits per heavy atom. The lowest BCUT2D eigenvalue weighted by atomic mass is 9.85. The summed E-state index contributed by atoms with van der Waals surface area (Å²) < 4.78 is 33.5. The molecule has 6 N–H and O–H groups in total. The van der Waals surface area contributed by atoms with Gasteiger partial charge in [-0.05, 0) is 96.3 Å². The van der Waals surface area contributed by atoms with Crippen LogP contribution in [-0.2, 0) is 32.7 Å². The van der Waals surface area contributed by atoms with E-state index in [9.17, 15) is 44.6 Å². The number of aliphatic hydroxyl groups excluding tert-OH is 5. The van der Waals surface area contributed by atoms with Crippen LogP contribution in [0.3, 0.4) is 0 Å². The zero-order valence-electron chi connectivity index (χ0n) is 39.2. The molecule has 1 aliphatic rings. The molecule has 0 heterocycles. The van der Waals surface area contributed by atoms with Gasteiger partial charge >= 0.3 is 19.8 Å². The van der Waals surface area contributed by atoms with Crippen LogP contribution in [0.4, 0.5) is 0 Å². The Labute approximate surface area is 390 Å². The molecule has 1 rings (SSSR count). The topological polar surface area (TPSA) is 210 Å². The molecule has 13 nitrogen and oxygen atoms in total. The summed E-state index contributed by atoms with van der Waals surface area (Å²) in [6.45, 7) is 3.16. The summed E-state index contributed by atoms with van der Waals surface area (Å²) in [6, 6.07) is 0. The minimum Gasteiger partial charge on any atom is -0.462 e. The van der Waals surface area contributed by atoms with Crippen molar-refractivity contribution in [3.05, 3.63) is 97.2 Å². The molecule has 0 radical (unpaired) electrons. The third-order valence-electron chi connectivity index (χ3n) is 10.4. The van der Waals surface area contributed by atoms with Gasteiger partial charge in [-0.25, -0.2) is 4.57 Å². The SMILES string of the molecule is CCCCC/C=C/C/C=C/C/C=C/C/C=C/CCCCCC(=O)OC[C@@H](COP(=O)(O)OC1C(O)C(O)C(O)[C@H](O)C1O)OC(=O)CCC/C=C/C/C=C/C/C=C/C/C=C/CCCCC. The van der Waals surface area contributed by atoms with Crippen molar-refractivity contribution in [2.24, 2.45) is 0 Å². The summed E-state index contributed by atoms with van der Waals surface area (Å²) in [5.74, 6) is -1.21. The molecule has 370 valence electrons. The number of aliphatic hydroxyl groups is 5. The van der Waals surface area contributed by atoms with Crippen molar-refractivity contribution < 1.29 is 63.1 Å². The molecule has 1 fully saturated rings. The third kappa shape index (κ3) is 32.2. The maximum absolute atomic E-state index is 12.8. The maximum atomic E-state index is 12.8. The van der Waals surface area contributed by atoms with Gasteiger partial charge in [0, 0.05) is 12.8 Å². The van der Waals surface area contributed by atoms with Crippen molar-refractivity contribution in [2.45, 2.75) is 198 Å². The standard InChI is InChI=1S/C51H83O13P/c1-3-5-7-9-11-13-15-17-19-21-22-24-25-27-29-31-33-35-37-39-44(52)61-41-43(42-62-65(59,60)64-51-49(57)47(55)46(54)48(56)50(51)58)63-45(53)40-38-36-34-32-30-28-26-23-20-18-16-14-12-10-8-6-4-2/h11-14,17-20,22,24,26-29,32,34,43,46-51,54-58H,3-10,15-16,21,23,25,30-31,33,35-42H2,1-2H3,(H,59,60)/b13-11+,14-12+,19-17+,20-18+,24-22+,28-26+,29-27+,34-32+/t43-,46?,47-,48?,49?,50?,51?/m0/s1. The minimum atomic E-state index is -5.15. The summed E-state index contributed by atoms with van der Waals surface area (Å²) in [6.07, 6.45) is 40.3. The summed E-state index contributed by atoms with van der Waals surface area (Å²) in [4.78, 5) is 35.7. The number of unbranched alkanes of at least 4 members (excludes halogenated alkanes) is 10. The second kappa shape index (κ2) is 39.9. The molecule has 0 aromatic rings. The molecule has 0 bridgehead atoms. The van der Waals surface area contributed by atoms with E-state index < -0.39 is 75.7 Å². The van der Waals surface area contributed by atoms with Gasteiger partial charge in [-0.1, -0.05) is 143 Å². The normalized spacial score (nSPS) is 22.3. The molecule has 0 aromatic carbocycles. The van der Waals surface area contributed by atoms with E-state index in [1.54, 1.807) is 0 Å². The molecule has 6 unspecified atom stereocenters. The van der Waals surface area contributed by atoms with Gasteiger partial charge in [0.05, 0.1) is 6.61 Å². The molecule has 0 saturated heterocycles. The Morgan fingerprint density at radius 2 is 0.846 bits per heavy atom. The average molecular weight is 935 g/mol. The average Bonchev–Trinajstić information content (AvgIpc) is 3.29. The number of rotatable bonds is 38. The molecule has 65 heavy (non-hydrogen) atoms. The first-order valence-corrected chi connectivity index (χ1v) is 25.5. The molecule has 0 amide bonds. The van der Waals surface area contributed by atoms with Crippen molar-refractivity contribution in [2.75, 3.05) is 13.2 Å². The first kappa shape index (κ1) is 59.8. The van der Waals surface area contributed by atoms with Crippen LogP contribution in [0.15, 0.2) is 97.2 Å². The molecule has 0 spiro atoms. The zero-order valence-corrected chi connectivity index (χ0v) is 40.1. The van der Waals surface area contributed by atoms with E-state index in [-0.39, 0.29) is 12.8 Å². The number of allylic oxidation sites excluding steroid dienone is 16. The summed E-state index contributed by atoms with van der Waals surface area (Å²) in [5.41, 5.74) is 0. The number of hydrogen-bond donors (Lipinski definition) is 6. The molecule has 0 aliphatic heterocycles. The van der Waals surface area contributed by atoms with E-state index in [1.807, 2.05) is 12.2 Å². The highest BCUT2D eigenvalue weighted by molar-refractivity contribution is 7.47. The molecule has 1 aliphatic carbocycles. The van der Waals surface area contributed by atoms with Gasteiger partial charge in [-0.15, -0.1) is 0 Å². The van der Waals surface area contributed by atoms with Crippen LogP contribution in [0.2, 0.25) is 0 Å². The molecular weight excluding hydrogens is 852 g/mol. The van der Waals surface area contributed by atoms with Gasteiger partial charge in [0.1, 0.15) is 43.2 Å². The smallest absolute Gasteiger partial charge is 0.462 e. The maximum Gasteiger partial charge on any atom is 0.472 e. The molecule has 1 saturated carbocycles. The van der Waals surface area contributed by atoms with Gasteiger partial charge < -0.3 is 39.9 Å². The highest BCUT2D eigenvalue weighted by Crippen LogP contribution is 2.47. The Morgan fingerprint density at radius 1 is 0.477 bits per heavy atom. The van der Waals surface area contributed by atoms with Crippen LogP contribution in [0.25, 0.3) is 0 Å². The Bertz CT molecular complexity index is 1500. The van der Waals surface area contributed by atoms with E-state index in [2.05, 4.69) is 98.9 Å². The highest BCUT2D eigenvalue weighted by Gasteiger charge is 2.51. The largest absolute Gasteiger partial charge is 0.472 e. The second-order valence-corrected chi connectivity index (χ2v) is 17.7. The van der Waals surface area contributed by atoms with E-state index >= 15 is 0 Å². The Kier molecular flexibility index (Phi) is 36.7. The number of phosphoric acid groups is 1. The van der Waals surface area contributed by atoms with E-state index in [4.69, 9.17) is 18.5 Å². The van der Waals surface area contributed by atoms with E-state index in [0.29, 0.717) is 19.3 Å². The van der Waals surface area contributed by atoms with Crippen LogP contribution in [0.1, 0.15) is 155 Å². The molecule has 14 heteroatoms. The van der Waals surface area contributed by atoms with Gasteiger partial charge in [0.2, 0.25) is 0 Å². The van der Waals surface area contributed by atoms with Gasteiger partial charge in [0.15, 0.2) is 6.10 Å². The van der Waals surface area contributed by atoms with Crippen molar-refractivity contribution in [1.29, 1.82) is 0 Å². The molecular formula is C51H83O13P. The van der Waals surface area contributed by atoms with Crippen molar-refractivity contribution in [1.82, 2.24) is 0 Å². The number of hydrogen-bond acceptors (Lipinski definition) is 12. The molecule has 0 aromatic heterocycles. The van der Waals surface area contributed by atoms with E-state index in [0.717, 1.165) is 70.6 Å². The van der Waals surface area contributed by atoms with Gasteiger partial charge in [0.25, 0.3) is 0 Å². The lowest BCUT2D eigenvalue weighted by Crippen LogP contribution is -2.64.